The fraction of sp³-hybridized carbons (Fsp3) is 0.391. The molecule has 0 radical (unpaired) electrons. The molecule has 1 unspecified atom stereocenters. The van der Waals surface area contributed by atoms with Crippen LogP contribution in [-0.2, 0) is 15.2 Å². The summed E-state index contributed by atoms with van der Waals surface area (Å²) in [6, 6.07) is 17.3. The first kappa shape index (κ1) is 21.8. The maximum absolute atomic E-state index is 10.4. The Morgan fingerprint density at radius 2 is 1.81 bits per heavy atom. The van der Waals surface area contributed by atoms with Gasteiger partial charge < -0.3 is 23.7 Å². The van der Waals surface area contributed by atoms with E-state index in [9.17, 15) is 5.11 Å². The molecule has 0 spiro atoms. The first-order chi connectivity index (χ1) is 15.3. The van der Waals surface area contributed by atoms with E-state index in [-0.39, 0.29) is 6.29 Å². The van der Waals surface area contributed by atoms with Gasteiger partial charge in [-0.3, -0.25) is 0 Å². The van der Waals surface area contributed by atoms with Gasteiger partial charge in [-0.25, -0.2) is 0 Å². The average Bonchev–Trinajstić information content (AvgIpc) is 3.50. The van der Waals surface area contributed by atoms with E-state index in [1.54, 1.807) is 11.8 Å². The quantitative estimate of drug-likeness (QED) is 0.442. The van der Waals surface area contributed by atoms with Gasteiger partial charge in [0, 0.05) is 17.7 Å². The Hall–Kier alpha value is -2.39. The largest absolute Gasteiger partial charge is 0.493 e. The standard InChI is InChI=1S/C23H26N2O5S/c26-20(10-11-22-28-12-13-29-22)17-6-8-18(9-7-17)23-25-24-21(30-23)16-31-15-14-27-19-4-2-1-3-5-19/h1-9,20,22,26H,10-16H2. The summed E-state index contributed by atoms with van der Waals surface area (Å²) in [7, 11) is 0. The Kier molecular flexibility index (Phi) is 7.95. The fourth-order valence-corrected chi connectivity index (χ4v) is 3.84. The van der Waals surface area contributed by atoms with Crippen LogP contribution in [0.5, 0.6) is 5.75 Å². The molecule has 0 bridgehead atoms. The second kappa shape index (κ2) is 11.3. The van der Waals surface area contributed by atoms with Crippen LogP contribution in [0.25, 0.3) is 11.5 Å². The van der Waals surface area contributed by atoms with Crippen LogP contribution in [0.1, 0.15) is 30.4 Å². The molecular weight excluding hydrogens is 416 g/mol. The number of rotatable bonds is 11. The molecule has 0 amide bonds. The Balaban J connectivity index is 1.21. The van der Waals surface area contributed by atoms with Crippen LogP contribution in [0, 0.1) is 0 Å². The van der Waals surface area contributed by atoms with Gasteiger partial charge in [-0.1, -0.05) is 30.3 Å². The Morgan fingerprint density at radius 3 is 2.58 bits per heavy atom. The van der Waals surface area contributed by atoms with Crippen molar-refractivity contribution >= 4 is 11.8 Å². The topological polar surface area (TPSA) is 86.8 Å². The molecule has 3 aromatic rings. The van der Waals surface area contributed by atoms with Gasteiger partial charge in [0.15, 0.2) is 6.29 Å². The van der Waals surface area contributed by atoms with Gasteiger partial charge in [-0.2, -0.15) is 0 Å². The van der Waals surface area contributed by atoms with Crippen molar-refractivity contribution in [1.29, 1.82) is 0 Å². The predicted octanol–water partition coefficient (Wildman–Crippen LogP) is 4.24. The molecule has 2 heterocycles. The minimum atomic E-state index is -0.561. The van der Waals surface area contributed by atoms with Gasteiger partial charge in [0.05, 0.1) is 31.7 Å². The van der Waals surface area contributed by atoms with Crippen LogP contribution in [0.3, 0.4) is 0 Å². The van der Waals surface area contributed by atoms with E-state index in [2.05, 4.69) is 10.2 Å². The lowest BCUT2D eigenvalue weighted by molar-refractivity contribution is -0.0542. The lowest BCUT2D eigenvalue weighted by atomic mass is 10.0. The first-order valence-electron chi connectivity index (χ1n) is 10.4. The van der Waals surface area contributed by atoms with Gasteiger partial charge in [0.2, 0.25) is 11.8 Å². The van der Waals surface area contributed by atoms with E-state index in [1.807, 2.05) is 54.6 Å². The molecular formula is C23H26N2O5S. The molecule has 164 valence electrons. The lowest BCUT2D eigenvalue weighted by Crippen LogP contribution is -2.09. The number of ether oxygens (including phenoxy) is 3. The molecule has 1 aromatic heterocycles. The van der Waals surface area contributed by atoms with E-state index in [1.165, 1.54) is 0 Å². The third kappa shape index (κ3) is 6.54. The summed E-state index contributed by atoms with van der Waals surface area (Å²) in [5.74, 6) is 3.39. The lowest BCUT2D eigenvalue weighted by Gasteiger charge is -2.14. The Labute approximate surface area is 185 Å². The zero-order valence-electron chi connectivity index (χ0n) is 17.2. The molecule has 1 aliphatic rings. The van der Waals surface area contributed by atoms with E-state index in [4.69, 9.17) is 18.6 Å². The molecule has 31 heavy (non-hydrogen) atoms. The van der Waals surface area contributed by atoms with Crippen molar-refractivity contribution in [1.82, 2.24) is 10.2 Å². The zero-order chi connectivity index (χ0) is 21.3. The molecule has 1 atom stereocenters. The summed E-state index contributed by atoms with van der Waals surface area (Å²) in [5, 5.41) is 18.6. The monoisotopic (exact) mass is 442 g/mol. The van der Waals surface area contributed by atoms with E-state index in [0.29, 0.717) is 50.2 Å². The minimum absolute atomic E-state index is 0.200. The van der Waals surface area contributed by atoms with Crippen molar-refractivity contribution in [3.63, 3.8) is 0 Å². The van der Waals surface area contributed by atoms with Crippen molar-refractivity contribution in [2.24, 2.45) is 0 Å². The first-order valence-corrected chi connectivity index (χ1v) is 11.5. The molecule has 8 heteroatoms. The summed E-state index contributed by atoms with van der Waals surface area (Å²) in [6.07, 6.45) is 0.493. The smallest absolute Gasteiger partial charge is 0.247 e. The van der Waals surface area contributed by atoms with Crippen molar-refractivity contribution in [2.45, 2.75) is 31.0 Å². The van der Waals surface area contributed by atoms with Gasteiger partial charge in [0.1, 0.15) is 5.75 Å². The molecule has 0 saturated carbocycles. The van der Waals surface area contributed by atoms with Gasteiger partial charge in [-0.15, -0.1) is 22.0 Å². The van der Waals surface area contributed by atoms with E-state index in [0.717, 1.165) is 22.6 Å². The number of aliphatic hydroxyl groups excluding tert-OH is 1. The number of benzene rings is 2. The third-order valence-corrected chi connectivity index (χ3v) is 5.75. The molecule has 1 saturated heterocycles. The van der Waals surface area contributed by atoms with Crippen molar-refractivity contribution < 1.29 is 23.7 Å². The maximum atomic E-state index is 10.4. The zero-order valence-corrected chi connectivity index (χ0v) is 18.0. The molecule has 1 fully saturated rings. The van der Waals surface area contributed by atoms with Crippen molar-refractivity contribution in [2.75, 3.05) is 25.6 Å². The molecule has 4 rings (SSSR count). The highest BCUT2D eigenvalue weighted by molar-refractivity contribution is 7.98. The fourth-order valence-electron chi connectivity index (χ4n) is 3.21. The molecule has 2 aromatic carbocycles. The van der Waals surface area contributed by atoms with E-state index < -0.39 is 6.10 Å². The second-order valence-electron chi connectivity index (χ2n) is 7.10. The summed E-state index contributed by atoms with van der Waals surface area (Å²) in [6.45, 7) is 1.88. The van der Waals surface area contributed by atoms with E-state index >= 15 is 0 Å². The highest BCUT2D eigenvalue weighted by atomic mass is 32.2. The van der Waals surface area contributed by atoms with Crippen molar-refractivity contribution in [3.8, 4) is 17.2 Å². The average molecular weight is 443 g/mol. The summed E-state index contributed by atoms with van der Waals surface area (Å²) < 4.78 is 22.3. The second-order valence-corrected chi connectivity index (χ2v) is 8.21. The van der Waals surface area contributed by atoms with Gasteiger partial charge in [0.25, 0.3) is 0 Å². The van der Waals surface area contributed by atoms with Crippen LogP contribution >= 0.6 is 11.8 Å². The van der Waals surface area contributed by atoms with Crippen LogP contribution in [0.4, 0.5) is 0 Å². The van der Waals surface area contributed by atoms with Crippen LogP contribution in [0.2, 0.25) is 0 Å². The van der Waals surface area contributed by atoms with Crippen LogP contribution in [0.15, 0.2) is 59.0 Å². The minimum Gasteiger partial charge on any atom is -0.493 e. The number of nitrogens with zero attached hydrogens (tertiary/aromatic N) is 2. The predicted molar refractivity (Wildman–Crippen MR) is 118 cm³/mol. The normalized spacial score (nSPS) is 15.3. The highest BCUT2D eigenvalue weighted by Crippen LogP contribution is 2.25. The Morgan fingerprint density at radius 1 is 1.03 bits per heavy atom. The maximum Gasteiger partial charge on any atom is 0.247 e. The molecule has 1 N–H and O–H groups in total. The molecule has 0 aliphatic carbocycles. The number of hydrogen-bond acceptors (Lipinski definition) is 8. The van der Waals surface area contributed by atoms with Gasteiger partial charge >= 0.3 is 0 Å². The van der Waals surface area contributed by atoms with Crippen LogP contribution < -0.4 is 4.74 Å². The van der Waals surface area contributed by atoms with Crippen molar-refractivity contribution in [3.05, 3.63) is 66.1 Å². The summed E-state index contributed by atoms with van der Waals surface area (Å²) in [4.78, 5) is 0. The molecule has 1 aliphatic heterocycles. The SMILES string of the molecule is OC(CCC1OCCO1)c1ccc(-c2nnc(CSCCOc3ccccc3)o2)cc1. The van der Waals surface area contributed by atoms with Crippen LogP contribution in [-0.4, -0.2) is 47.2 Å². The number of thioether (sulfide) groups is 1. The third-order valence-electron chi connectivity index (χ3n) is 4.84. The Bertz CT molecular complexity index is 913. The summed E-state index contributed by atoms with van der Waals surface area (Å²) in [5.41, 5.74) is 1.67. The number of para-hydroxylation sites is 1. The number of hydrogen-bond donors (Lipinski definition) is 1. The summed E-state index contributed by atoms with van der Waals surface area (Å²) >= 11 is 1.68. The number of aromatic nitrogens is 2. The highest BCUT2D eigenvalue weighted by Gasteiger charge is 2.18. The molecule has 7 nitrogen and oxygen atoms in total. The number of aliphatic hydroxyl groups is 1. The van der Waals surface area contributed by atoms with Gasteiger partial charge in [-0.05, 0) is 36.2 Å².